The van der Waals surface area contributed by atoms with Crippen LogP contribution in [0.15, 0.2) is 18.2 Å². The SMILES string of the molecule is CCC(CNCCc1ccc(C)cc1C)C(=O)OC. The molecule has 1 aromatic rings. The summed E-state index contributed by atoms with van der Waals surface area (Å²) in [6, 6.07) is 6.54. The molecule has 0 aliphatic heterocycles. The van der Waals surface area contributed by atoms with Crippen LogP contribution in [0.5, 0.6) is 0 Å². The normalized spacial score (nSPS) is 12.2. The number of carbonyl (C=O) groups excluding carboxylic acids is 1. The average Bonchev–Trinajstić information content (AvgIpc) is 2.40. The molecular formula is C16H25NO2. The number of hydrogen-bond acceptors (Lipinski definition) is 3. The van der Waals surface area contributed by atoms with E-state index in [9.17, 15) is 4.79 Å². The summed E-state index contributed by atoms with van der Waals surface area (Å²) in [4.78, 5) is 11.4. The first-order chi connectivity index (χ1) is 9.08. The Morgan fingerprint density at radius 2 is 2.11 bits per heavy atom. The summed E-state index contributed by atoms with van der Waals surface area (Å²) in [6.07, 6.45) is 1.80. The summed E-state index contributed by atoms with van der Waals surface area (Å²) >= 11 is 0. The highest BCUT2D eigenvalue weighted by atomic mass is 16.5. The fraction of sp³-hybridized carbons (Fsp3) is 0.562. The zero-order chi connectivity index (χ0) is 14.3. The van der Waals surface area contributed by atoms with Crippen molar-refractivity contribution in [3.63, 3.8) is 0 Å². The first kappa shape index (κ1) is 15.7. The van der Waals surface area contributed by atoms with Crippen LogP contribution < -0.4 is 5.32 Å². The lowest BCUT2D eigenvalue weighted by Crippen LogP contribution is -2.30. The van der Waals surface area contributed by atoms with E-state index in [0.717, 1.165) is 19.4 Å². The van der Waals surface area contributed by atoms with Crippen LogP contribution in [0.2, 0.25) is 0 Å². The molecule has 19 heavy (non-hydrogen) atoms. The lowest BCUT2D eigenvalue weighted by atomic mass is 10.0. The Kier molecular flexibility index (Phi) is 6.57. The van der Waals surface area contributed by atoms with E-state index in [0.29, 0.717) is 6.54 Å². The predicted molar refractivity (Wildman–Crippen MR) is 78.3 cm³/mol. The van der Waals surface area contributed by atoms with Gasteiger partial charge in [0, 0.05) is 6.54 Å². The topological polar surface area (TPSA) is 38.3 Å². The van der Waals surface area contributed by atoms with Crippen LogP contribution in [0.3, 0.4) is 0 Å². The van der Waals surface area contributed by atoms with Crippen LogP contribution in [-0.2, 0) is 16.0 Å². The summed E-state index contributed by atoms with van der Waals surface area (Å²) in [7, 11) is 1.45. The van der Waals surface area contributed by atoms with E-state index < -0.39 is 0 Å². The van der Waals surface area contributed by atoms with Crippen LogP contribution >= 0.6 is 0 Å². The molecule has 0 radical (unpaired) electrons. The Morgan fingerprint density at radius 1 is 1.37 bits per heavy atom. The van der Waals surface area contributed by atoms with Gasteiger partial charge in [0.05, 0.1) is 13.0 Å². The molecule has 1 aromatic carbocycles. The molecule has 1 rings (SSSR count). The minimum atomic E-state index is -0.124. The highest BCUT2D eigenvalue weighted by molar-refractivity contribution is 5.72. The van der Waals surface area contributed by atoms with Gasteiger partial charge >= 0.3 is 5.97 Å². The van der Waals surface area contributed by atoms with Gasteiger partial charge in [-0.1, -0.05) is 30.7 Å². The van der Waals surface area contributed by atoms with Gasteiger partial charge < -0.3 is 10.1 Å². The summed E-state index contributed by atoms with van der Waals surface area (Å²) < 4.78 is 4.77. The monoisotopic (exact) mass is 263 g/mol. The first-order valence-corrected chi connectivity index (χ1v) is 6.93. The molecule has 0 heterocycles. The summed E-state index contributed by atoms with van der Waals surface area (Å²) in [5, 5.41) is 3.34. The van der Waals surface area contributed by atoms with E-state index in [2.05, 4.69) is 37.4 Å². The number of ether oxygens (including phenoxy) is 1. The van der Waals surface area contributed by atoms with Crippen LogP contribution in [0.25, 0.3) is 0 Å². The zero-order valence-corrected chi connectivity index (χ0v) is 12.5. The number of methoxy groups -OCH3 is 1. The molecule has 0 bridgehead atoms. The van der Waals surface area contributed by atoms with Gasteiger partial charge in [-0.2, -0.15) is 0 Å². The van der Waals surface area contributed by atoms with Crippen molar-refractivity contribution >= 4 is 5.97 Å². The van der Waals surface area contributed by atoms with E-state index in [4.69, 9.17) is 4.74 Å². The molecule has 0 aromatic heterocycles. The number of rotatable bonds is 7. The Hall–Kier alpha value is -1.35. The highest BCUT2D eigenvalue weighted by Gasteiger charge is 2.15. The molecule has 0 saturated carbocycles. The Bertz CT molecular complexity index is 415. The maximum atomic E-state index is 11.4. The standard InChI is InChI=1S/C16H25NO2/c1-5-14(16(18)19-4)11-17-9-8-15-7-6-12(2)10-13(15)3/h6-7,10,14,17H,5,8-9,11H2,1-4H3. The number of benzene rings is 1. The molecule has 3 nitrogen and oxygen atoms in total. The molecule has 1 unspecified atom stereocenters. The molecule has 1 N–H and O–H groups in total. The van der Waals surface area contributed by atoms with Crippen LogP contribution in [0.1, 0.15) is 30.0 Å². The molecule has 0 spiro atoms. The van der Waals surface area contributed by atoms with Crippen LogP contribution in [-0.4, -0.2) is 26.2 Å². The van der Waals surface area contributed by atoms with Gasteiger partial charge in [0.25, 0.3) is 0 Å². The third kappa shape index (κ3) is 5.03. The van der Waals surface area contributed by atoms with Gasteiger partial charge in [-0.3, -0.25) is 4.79 Å². The Balaban J connectivity index is 2.36. The van der Waals surface area contributed by atoms with Crippen molar-refractivity contribution in [2.45, 2.75) is 33.6 Å². The molecule has 106 valence electrons. The fourth-order valence-electron chi connectivity index (χ4n) is 2.19. The Morgan fingerprint density at radius 3 is 2.68 bits per heavy atom. The highest BCUT2D eigenvalue weighted by Crippen LogP contribution is 2.11. The maximum Gasteiger partial charge on any atom is 0.309 e. The lowest BCUT2D eigenvalue weighted by molar-refractivity contribution is -0.145. The third-order valence-corrected chi connectivity index (χ3v) is 3.49. The smallest absolute Gasteiger partial charge is 0.309 e. The second-order valence-electron chi connectivity index (χ2n) is 5.01. The first-order valence-electron chi connectivity index (χ1n) is 6.93. The van der Waals surface area contributed by atoms with Gasteiger partial charge in [0.15, 0.2) is 0 Å². The molecule has 3 heteroatoms. The summed E-state index contributed by atoms with van der Waals surface area (Å²) in [5.41, 5.74) is 4.00. The lowest BCUT2D eigenvalue weighted by Gasteiger charge is -2.13. The molecule has 0 saturated heterocycles. The van der Waals surface area contributed by atoms with Crippen molar-refractivity contribution in [2.24, 2.45) is 5.92 Å². The zero-order valence-electron chi connectivity index (χ0n) is 12.5. The van der Waals surface area contributed by atoms with Crippen molar-refractivity contribution in [2.75, 3.05) is 20.2 Å². The molecule has 0 aliphatic rings. The van der Waals surface area contributed by atoms with Crippen molar-refractivity contribution in [1.82, 2.24) is 5.32 Å². The third-order valence-electron chi connectivity index (χ3n) is 3.49. The van der Waals surface area contributed by atoms with Gasteiger partial charge in [-0.25, -0.2) is 0 Å². The van der Waals surface area contributed by atoms with E-state index in [1.807, 2.05) is 6.92 Å². The summed E-state index contributed by atoms with van der Waals surface area (Å²) in [5.74, 6) is -0.161. The number of carbonyl (C=O) groups is 1. The van der Waals surface area contributed by atoms with Gasteiger partial charge in [-0.05, 0) is 44.4 Å². The van der Waals surface area contributed by atoms with Gasteiger partial charge in [-0.15, -0.1) is 0 Å². The average molecular weight is 263 g/mol. The second-order valence-corrected chi connectivity index (χ2v) is 5.01. The van der Waals surface area contributed by atoms with Crippen molar-refractivity contribution in [1.29, 1.82) is 0 Å². The molecule has 0 aliphatic carbocycles. The molecule has 0 fully saturated rings. The fourth-order valence-corrected chi connectivity index (χ4v) is 2.19. The number of hydrogen-bond donors (Lipinski definition) is 1. The van der Waals surface area contributed by atoms with Crippen molar-refractivity contribution in [3.05, 3.63) is 34.9 Å². The number of nitrogens with one attached hydrogen (secondary N) is 1. The number of aryl methyl sites for hydroxylation is 2. The second kappa shape index (κ2) is 7.95. The van der Waals surface area contributed by atoms with Gasteiger partial charge in [0.2, 0.25) is 0 Å². The Labute approximate surface area is 116 Å². The van der Waals surface area contributed by atoms with E-state index in [1.54, 1.807) is 0 Å². The number of esters is 1. The maximum absolute atomic E-state index is 11.4. The molecule has 0 amide bonds. The van der Waals surface area contributed by atoms with E-state index in [1.165, 1.54) is 23.8 Å². The quantitative estimate of drug-likeness (QED) is 0.607. The predicted octanol–water partition coefficient (Wildman–Crippen LogP) is 2.63. The van der Waals surface area contributed by atoms with Crippen LogP contribution in [0, 0.1) is 19.8 Å². The minimum Gasteiger partial charge on any atom is -0.469 e. The van der Waals surface area contributed by atoms with Crippen LogP contribution in [0.4, 0.5) is 0 Å². The van der Waals surface area contributed by atoms with E-state index >= 15 is 0 Å². The van der Waals surface area contributed by atoms with Gasteiger partial charge in [0.1, 0.15) is 0 Å². The largest absolute Gasteiger partial charge is 0.469 e. The van der Waals surface area contributed by atoms with E-state index in [-0.39, 0.29) is 11.9 Å². The van der Waals surface area contributed by atoms with Crippen molar-refractivity contribution in [3.8, 4) is 0 Å². The minimum absolute atomic E-state index is 0.0379. The molecule has 1 atom stereocenters. The molecular weight excluding hydrogens is 238 g/mol. The van der Waals surface area contributed by atoms with Crippen molar-refractivity contribution < 1.29 is 9.53 Å². The summed E-state index contributed by atoms with van der Waals surface area (Å²) in [6.45, 7) is 7.84.